The number of carbonyl (C=O) groups is 2. The van der Waals surface area contributed by atoms with Gasteiger partial charge in [-0.2, -0.15) is 0 Å². The molecule has 0 saturated heterocycles. The van der Waals surface area contributed by atoms with E-state index in [0.717, 1.165) is 31.2 Å². The molecule has 23 heavy (non-hydrogen) atoms. The maximum absolute atomic E-state index is 11.2. The Morgan fingerprint density at radius 3 is 2.57 bits per heavy atom. The van der Waals surface area contributed by atoms with E-state index >= 15 is 0 Å². The average molecular weight is 321 g/mol. The van der Waals surface area contributed by atoms with Gasteiger partial charge in [-0.3, -0.25) is 19.7 Å². The van der Waals surface area contributed by atoms with Gasteiger partial charge in [0.15, 0.2) is 6.29 Å². The highest BCUT2D eigenvalue weighted by Crippen LogP contribution is 2.26. The molecule has 0 N–H and O–H groups in total. The molecule has 6 nitrogen and oxygen atoms in total. The van der Waals surface area contributed by atoms with Gasteiger partial charge in [-0.25, -0.2) is 0 Å². The van der Waals surface area contributed by atoms with E-state index in [1.54, 1.807) is 13.0 Å². The minimum absolute atomic E-state index is 0.0860. The number of hydrogen-bond donors (Lipinski definition) is 0. The average Bonchev–Trinajstić information content (AvgIpc) is 2.49. The number of aldehydes is 1. The molecule has 0 radical (unpaired) electrons. The number of nitro groups is 1. The first kappa shape index (κ1) is 18.8. The molecular formula is C17H23NO5. The van der Waals surface area contributed by atoms with Crippen LogP contribution in [-0.4, -0.2) is 23.8 Å². The molecular weight excluding hydrogens is 298 g/mol. The molecule has 0 heterocycles. The van der Waals surface area contributed by atoms with Crippen LogP contribution in [0.15, 0.2) is 12.1 Å². The summed E-state index contributed by atoms with van der Waals surface area (Å²) < 4.78 is 4.85. The van der Waals surface area contributed by atoms with E-state index in [-0.39, 0.29) is 17.2 Å². The van der Waals surface area contributed by atoms with E-state index in [2.05, 4.69) is 0 Å². The van der Waals surface area contributed by atoms with Crippen molar-refractivity contribution in [2.24, 2.45) is 0 Å². The molecule has 0 fully saturated rings. The number of rotatable bonds is 10. The first-order valence-electron chi connectivity index (χ1n) is 7.88. The SMILES string of the molecule is CCOC(=O)CCCCCCc1cc(C)cc(C=O)c1[N+](=O)[O-]. The van der Waals surface area contributed by atoms with E-state index in [9.17, 15) is 19.7 Å². The van der Waals surface area contributed by atoms with Crippen LogP contribution >= 0.6 is 0 Å². The number of benzene rings is 1. The molecule has 1 rings (SSSR count). The van der Waals surface area contributed by atoms with Crippen LogP contribution in [-0.2, 0) is 16.0 Å². The molecule has 0 atom stereocenters. The normalized spacial score (nSPS) is 10.3. The second kappa shape index (κ2) is 9.71. The lowest BCUT2D eigenvalue weighted by atomic mass is 9.99. The van der Waals surface area contributed by atoms with Crippen molar-refractivity contribution in [3.63, 3.8) is 0 Å². The van der Waals surface area contributed by atoms with Crippen LogP contribution in [0, 0.1) is 17.0 Å². The molecule has 1 aromatic rings. The van der Waals surface area contributed by atoms with Gasteiger partial charge in [0.25, 0.3) is 5.69 Å². The highest BCUT2D eigenvalue weighted by atomic mass is 16.6. The number of ether oxygens (including phenoxy) is 1. The standard InChI is InChI=1S/C17H23NO5/c1-3-23-16(20)9-7-5-4-6-8-14-10-13(2)11-15(12-19)17(14)18(21)22/h10-12H,3-9H2,1-2H3. The van der Waals surface area contributed by atoms with E-state index in [4.69, 9.17) is 4.74 Å². The molecule has 6 heteroatoms. The zero-order valence-corrected chi connectivity index (χ0v) is 13.7. The number of esters is 1. The number of carbonyl (C=O) groups excluding carboxylic acids is 2. The van der Waals surface area contributed by atoms with Crippen molar-refractivity contribution in [1.82, 2.24) is 0 Å². The molecule has 0 spiro atoms. The Bertz CT molecular complexity index is 568. The predicted octanol–water partition coefficient (Wildman–Crippen LogP) is 3.77. The maximum Gasteiger partial charge on any atom is 0.305 e. The third kappa shape index (κ3) is 6.18. The first-order valence-corrected chi connectivity index (χ1v) is 7.88. The smallest absolute Gasteiger partial charge is 0.305 e. The molecule has 0 aliphatic carbocycles. The van der Waals surface area contributed by atoms with Gasteiger partial charge in [-0.05, 0) is 50.8 Å². The summed E-state index contributed by atoms with van der Waals surface area (Å²) in [6.07, 6.45) is 4.79. The van der Waals surface area contributed by atoms with Crippen molar-refractivity contribution in [2.75, 3.05) is 6.61 Å². The molecule has 0 aromatic heterocycles. The maximum atomic E-state index is 11.2. The Balaban J connectivity index is 2.52. The van der Waals surface area contributed by atoms with Crippen LogP contribution in [0.1, 0.15) is 60.5 Å². The van der Waals surface area contributed by atoms with Gasteiger partial charge in [-0.15, -0.1) is 0 Å². The molecule has 0 unspecified atom stereocenters. The van der Waals surface area contributed by atoms with Crippen LogP contribution < -0.4 is 0 Å². The summed E-state index contributed by atoms with van der Waals surface area (Å²) in [5, 5.41) is 11.2. The number of nitrogens with zero attached hydrogens (tertiary/aromatic N) is 1. The Labute approximate surface area is 136 Å². The topological polar surface area (TPSA) is 86.5 Å². The molecule has 126 valence electrons. The Morgan fingerprint density at radius 2 is 1.96 bits per heavy atom. The predicted molar refractivity (Wildman–Crippen MR) is 86.6 cm³/mol. The number of hydrogen-bond acceptors (Lipinski definition) is 5. The Kier molecular flexibility index (Phi) is 7.94. The van der Waals surface area contributed by atoms with E-state index in [0.29, 0.717) is 31.3 Å². The number of unbranched alkanes of at least 4 members (excludes halogenated alkanes) is 3. The van der Waals surface area contributed by atoms with Gasteiger partial charge in [0.1, 0.15) is 0 Å². The zero-order valence-electron chi connectivity index (χ0n) is 13.7. The summed E-state index contributed by atoms with van der Waals surface area (Å²) in [7, 11) is 0. The second-order valence-electron chi connectivity index (χ2n) is 5.46. The van der Waals surface area contributed by atoms with Crippen molar-refractivity contribution >= 4 is 17.9 Å². The zero-order chi connectivity index (χ0) is 17.2. The monoisotopic (exact) mass is 321 g/mol. The summed E-state index contributed by atoms with van der Waals surface area (Å²) in [4.78, 5) is 32.9. The van der Waals surface area contributed by atoms with E-state index in [1.807, 2.05) is 6.92 Å². The van der Waals surface area contributed by atoms with Gasteiger partial charge in [0, 0.05) is 12.0 Å². The van der Waals surface area contributed by atoms with Crippen LogP contribution in [0.2, 0.25) is 0 Å². The molecule has 0 aliphatic heterocycles. The lowest BCUT2D eigenvalue weighted by Crippen LogP contribution is -2.03. The minimum atomic E-state index is -0.487. The van der Waals surface area contributed by atoms with Crippen LogP contribution in [0.25, 0.3) is 0 Å². The third-order valence-electron chi connectivity index (χ3n) is 3.55. The number of aryl methyl sites for hydroxylation is 2. The summed E-state index contributed by atoms with van der Waals surface area (Å²) >= 11 is 0. The van der Waals surface area contributed by atoms with Crippen LogP contribution in [0.3, 0.4) is 0 Å². The number of nitro benzene ring substituents is 1. The lowest BCUT2D eigenvalue weighted by molar-refractivity contribution is -0.385. The quantitative estimate of drug-likeness (QED) is 0.215. The molecule has 0 bridgehead atoms. The van der Waals surface area contributed by atoms with Gasteiger partial charge in [0.2, 0.25) is 0 Å². The van der Waals surface area contributed by atoms with Crippen LogP contribution in [0.5, 0.6) is 0 Å². The molecule has 0 amide bonds. The van der Waals surface area contributed by atoms with Gasteiger partial charge in [0.05, 0.1) is 17.1 Å². The summed E-state index contributed by atoms with van der Waals surface area (Å²) in [5.41, 5.74) is 1.49. The highest BCUT2D eigenvalue weighted by Gasteiger charge is 2.19. The van der Waals surface area contributed by atoms with Crippen LogP contribution in [0.4, 0.5) is 5.69 Å². The fourth-order valence-corrected chi connectivity index (χ4v) is 2.56. The van der Waals surface area contributed by atoms with Crippen molar-refractivity contribution in [2.45, 2.75) is 52.4 Å². The summed E-state index contributed by atoms with van der Waals surface area (Å²) in [6.45, 7) is 3.99. The van der Waals surface area contributed by atoms with Gasteiger partial charge in [-0.1, -0.05) is 12.8 Å². The fraction of sp³-hybridized carbons (Fsp3) is 0.529. The minimum Gasteiger partial charge on any atom is -0.466 e. The van der Waals surface area contributed by atoms with Crippen molar-refractivity contribution in [1.29, 1.82) is 0 Å². The van der Waals surface area contributed by atoms with Crippen molar-refractivity contribution < 1.29 is 19.2 Å². The van der Waals surface area contributed by atoms with Gasteiger partial charge < -0.3 is 4.74 Å². The van der Waals surface area contributed by atoms with E-state index in [1.165, 1.54) is 6.07 Å². The fourth-order valence-electron chi connectivity index (χ4n) is 2.56. The Hall–Kier alpha value is -2.24. The summed E-state index contributed by atoms with van der Waals surface area (Å²) in [6, 6.07) is 3.30. The van der Waals surface area contributed by atoms with Gasteiger partial charge >= 0.3 is 5.97 Å². The van der Waals surface area contributed by atoms with E-state index < -0.39 is 4.92 Å². The largest absolute Gasteiger partial charge is 0.466 e. The summed E-state index contributed by atoms with van der Waals surface area (Å²) in [5.74, 6) is -0.183. The highest BCUT2D eigenvalue weighted by molar-refractivity contribution is 5.83. The Morgan fingerprint density at radius 1 is 1.26 bits per heavy atom. The van der Waals surface area contributed by atoms with Crippen molar-refractivity contribution in [3.8, 4) is 0 Å². The molecule has 1 aromatic carbocycles. The third-order valence-corrected chi connectivity index (χ3v) is 3.55. The first-order chi connectivity index (χ1) is 11.0. The molecule has 0 saturated carbocycles. The molecule has 0 aliphatic rings. The van der Waals surface area contributed by atoms with Crippen molar-refractivity contribution in [3.05, 3.63) is 38.9 Å². The lowest BCUT2D eigenvalue weighted by Gasteiger charge is -2.07. The second-order valence-corrected chi connectivity index (χ2v) is 5.46.